The molecule has 4 nitrogen and oxygen atoms in total. The fourth-order valence-electron chi connectivity index (χ4n) is 1.50. The van der Waals surface area contributed by atoms with Crippen LogP contribution in [-0.4, -0.2) is 16.9 Å². The van der Waals surface area contributed by atoms with Gasteiger partial charge in [0, 0.05) is 19.1 Å². The highest BCUT2D eigenvalue weighted by Gasteiger charge is 2.05. The minimum absolute atomic E-state index is 0.145. The fraction of sp³-hybridized carbons (Fsp3) is 0.125. The topological polar surface area (TPSA) is 63.6 Å². The number of phenols is 1. The smallest absolute Gasteiger partial charge is 0.308 e. The van der Waals surface area contributed by atoms with Gasteiger partial charge in [-0.25, -0.2) is 8.78 Å². The number of hydrogen-bond acceptors (Lipinski definition) is 4. The number of esters is 1. The summed E-state index contributed by atoms with van der Waals surface area (Å²) in [6.45, 7) is 2.58. The van der Waals surface area contributed by atoms with E-state index >= 15 is 0 Å². The van der Waals surface area contributed by atoms with E-state index in [1.165, 1.54) is 38.1 Å². The maximum atomic E-state index is 12.4. The molecule has 0 amide bonds. The van der Waals surface area contributed by atoms with Crippen LogP contribution in [0.2, 0.25) is 0 Å². The Hall–Kier alpha value is -2.76. The monoisotopic (exact) mass is 308 g/mol. The highest BCUT2D eigenvalue weighted by molar-refractivity contribution is 5.96. The second-order valence-electron chi connectivity index (χ2n) is 4.27. The molecule has 0 aliphatic heterocycles. The maximum Gasteiger partial charge on any atom is 0.308 e. The third kappa shape index (κ3) is 5.70. The highest BCUT2D eigenvalue weighted by Crippen LogP contribution is 2.17. The van der Waals surface area contributed by atoms with E-state index in [0.717, 1.165) is 18.2 Å². The van der Waals surface area contributed by atoms with Crippen LogP contribution in [0.1, 0.15) is 24.2 Å². The third-order valence-corrected chi connectivity index (χ3v) is 2.40. The molecule has 0 fully saturated rings. The van der Waals surface area contributed by atoms with Crippen LogP contribution in [0, 0.1) is 11.6 Å². The van der Waals surface area contributed by atoms with Crippen molar-refractivity contribution < 1.29 is 28.2 Å². The van der Waals surface area contributed by atoms with Gasteiger partial charge in [-0.2, -0.15) is 0 Å². The van der Waals surface area contributed by atoms with Crippen LogP contribution in [-0.2, 0) is 4.79 Å². The molecule has 6 heteroatoms. The Balaban J connectivity index is 0.000000220. The summed E-state index contributed by atoms with van der Waals surface area (Å²) in [6, 6.07) is 8.74. The van der Waals surface area contributed by atoms with Crippen LogP contribution in [0.25, 0.3) is 0 Å². The van der Waals surface area contributed by atoms with Gasteiger partial charge in [0.1, 0.15) is 23.1 Å². The predicted octanol–water partition coefficient (Wildman–Crippen LogP) is 3.48. The van der Waals surface area contributed by atoms with Gasteiger partial charge in [0.15, 0.2) is 5.78 Å². The Morgan fingerprint density at radius 3 is 2.14 bits per heavy atom. The molecule has 0 heterocycles. The van der Waals surface area contributed by atoms with E-state index in [2.05, 4.69) is 4.74 Å². The molecule has 0 radical (unpaired) electrons. The minimum atomic E-state index is -0.549. The molecule has 0 saturated carbocycles. The molecule has 0 bridgehead atoms. The SMILES string of the molecule is CC(=O)Oc1cccc(F)c1.CC(=O)c1ccc(F)cc1O. The van der Waals surface area contributed by atoms with Gasteiger partial charge in [-0.3, -0.25) is 9.59 Å². The molecule has 0 saturated heterocycles. The fourth-order valence-corrected chi connectivity index (χ4v) is 1.50. The zero-order valence-electron chi connectivity index (χ0n) is 12.0. The molecular formula is C16H14F2O4. The van der Waals surface area contributed by atoms with E-state index in [0.29, 0.717) is 0 Å². The number of phenolic OH excluding ortho intramolecular Hbond substituents is 1. The van der Waals surface area contributed by atoms with Gasteiger partial charge in [0.05, 0.1) is 5.56 Å². The van der Waals surface area contributed by atoms with Crippen LogP contribution < -0.4 is 4.74 Å². The zero-order chi connectivity index (χ0) is 16.7. The third-order valence-electron chi connectivity index (χ3n) is 2.40. The van der Waals surface area contributed by atoms with Crippen molar-refractivity contribution in [2.75, 3.05) is 0 Å². The van der Waals surface area contributed by atoms with Crippen molar-refractivity contribution in [1.29, 1.82) is 0 Å². The van der Waals surface area contributed by atoms with Crippen molar-refractivity contribution in [3.8, 4) is 11.5 Å². The molecule has 0 aliphatic rings. The molecule has 0 aliphatic carbocycles. The van der Waals surface area contributed by atoms with Crippen LogP contribution >= 0.6 is 0 Å². The number of carbonyl (C=O) groups is 2. The van der Waals surface area contributed by atoms with E-state index in [9.17, 15) is 18.4 Å². The molecular weight excluding hydrogens is 294 g/mol. The average Bonchev–Trinajstić information content (AvgIpc) is 2.37. The van der Waals surface area contributed by atoms with Crippen molar-refractivity contribution >= 4 is 11.8 Å². The van der Waals surface area contributed by atoms with E-state index in [-0.39, 0.29) is 22.8 Å². The van der Waals surface area contributed by atoms with Crippen molar-refractivity contribution in [3.63, 3.8) is 0 Å². The number of aromatic hydroxyl groups is 1. The van der Waals surface area contributed by atoms with Crippen LogP contribution in [0.15, 0.2) is 42.5 Å². The van der Waals surface area contributed by atoms with Gasteiger partial charge in [-0.05, 0) is 31.2 Å². The molecule has 2 rings (SSSR count). The molecule has 0 aromatic heterocycles. The maximum absolute atomic E-state index is 12.4. The van der Waals surface area contributed by atoms with Crippen molar-refractivity contribution in [3.05, 3.63) is 59.7 Å². The quantitative estimate of drug-likeness (QED) is 0.524. The number of rotatable bonds is 2. The number of benzene rings is 2. The molecule has 2 aromatic rings. The predicted molar refractivity (Wildman–Crippen MR) is 75.8 cm³/mol. The standard InChI is InChI=1S/2C8H7FO2/c1-5(10)7-3-2-6(9)4-8(7)11;1-6(10)11-8-4-2-3-7(9)5-8/h2-4,11H,1H3;2-5H,1H3. The number of hydrogen-bond donors (Lipinski definition) is 1. The van der Waals surface area contributed by atoms with Crippen molar-refractivity contribution in [1.82, 2.24) is 0 Å². The number of halogens is 2. The first kappa shape index (κ1) is 17.3. The average molecular weight is 308 g/mol. The number of carbonyl (C=O) groups excluding carboxylic acids is 2. The van der Waals surface area contributed by atoms with Gasteiger partial charge in [0.2, 0.25) is 0 Å². The lowest BCUT2D eigenvalue weighted by Crippen LogP contribution is -2.01. The lowest BCUT2D eigenvalue weighted by molar-refractivity contribution is -0.131. The largest absolute Gasteiger partial charge is 0.507 e. The van der Waals surface area contributed by atoms with E-state index in [1.54, 1.807) is 0 Å². The van der Waals surface area contributed by atoms with Gasteiger partial charge in [-0.1, -0.05) is 6.07 Å². The summed E-state index contributed by atoms with van der Waals surface area (Å²) in [5.41, 5.74) is 0.145. The molecule has 116 valence electrons. The zero-order valence-corrected chi connectivity index (χ0v) is 12.0. The van der Waals surface area contributed by atoms with Crippen molar-refractivity contribution in [2.45, 2.75) is 13.8 Å². The van der Waals surface area contributed by atoms with Crippen molar-refractivity contribution in [2.24, 2.45) is 0 Å². The summed E-state index contributed by atoms with van der Waals surface area (Å²) >= 11 is 0. The first-order chi connectivity index (χ1) is 10.3. The molecule has 1 N–H and O–H groups in total. The second kappa shape index (κ2) is 7.87. The van der Waals surface area contributed by atoms with E-state index in [1.807, 2.05) is 0 Å². The van der Waals surface area contributed by atoms with Crippen LogP contribution in [0.5, 0.6) is 11.5 Å². The van der Waals surface area contributed by atoms with Crippen LogP contribution in [0.3, 0.4) is 0 Å². The van der Waals surface area contributed by atoms with E-state index < -0.39 is 17.6 Å². The Morgan fingerprint density at radius 1 is 1.00 bits per heavy atom. The van der Waals surface area contributed by atoms with E-state index in [4.69, 9.17) is 5.11 Å². The Labute approximate surface area is 126 Å². The molecule has 22 heavy (non-hydrogen) atoms. The van der Waals surface area contributed by atoms with Gasteiger partial charge in [-0.15, -0.1) is 0 Å². The Kier molecular flexibility index (Phi) is 6.19. The second-order valence-corrected chi connectivity index (χ2v) is 4.27. The molecule has 2 aromatic carbocycles. The Morgan fingerprint density at radius 2 is 1.64 bits per heavy atom. The summed E-state index contributed by atoms with van der Waals surface area (Å²) in [5.74, 6) is -1.76. The van der Waals surface area contributed by atoms with Gasteiger partial charge >= 0.3 is 5.97 Å². The summed E-state index contributed by atoms with van der Waals surface area (Å²) in [4.78, 5) is 21.1. The summed E-state index contributed by atoms with van der Waals surface area (Å²) < 4.78 is 29.4. The molecule has 0 spiro atoms. The summed E-state index contributed by atoms with van der Waals surface area (Å²) in [5, 5.41) is 9.00. The summed E-state index contributed by atoms with van der Waals surface area (Å²) in [6.07, 6.45) is 0. The van der Waals surface area contributed by atoms with Crippen LogP contribution in [0.4, 0.5) is 8.78 Å². The lowest BCUT2D eigenvalue weighted by Gasteiger charge is -1.98. The number of Topliss-reactive ketones (excluding diaryl/α,β-unsaturated/α-hetero) is 1. The molecule has 0 unspecified atom stereocenters. The van der Waals surface area contributed by atoms with Gasteiger partial charge < -0.3 is 9.84 Å². The highest BCUT2D eigenvalue weighted by atomic mass is 19.1. The first-order valence-electron chi connectivity index (χ1n) is 6.23. The van der Waals surface area contributed by atoms with Gasteiger partial charge in [0.25, 0.3) is 0 Å². The first-order valence-corrected chi connectivity index (χ1v) is 6.23. The summed E-state index contributed by atoms with van der Waals surface area (Å²) in [7, 11) is 0. The number of ketones is 1. The minimum Gasteiger partial charge on any atom is -0.507 e. The lowest BCUT2D eigenvalue weighted by atomic mass is 10.1. The Bertz CT molecular complexity index is 684. The molecule has 0 atom stereocenters. The normalized spacial score (nSPS) is 9.45. The number of ether oxygens (including phenoxy) is 1.